The number of nitrogens with one attached hydrogen (secondary N) is 3. The topological polar surface area (TPSA) is 308 Å². The van der Waals surface area contributed by atoms with E-state index >= 15 is 0 Å². The number of ether oxygens (including phenoxy) is 12. The molecule has 4 fully saturated rings. The first-order chi connectivity index (χ1) is 43.4. The Morgan fingerprint density at radius 1 is 0.857 bits per heavy atom. The number of halogens is 1. The number of thioether (sulfide) groups is 1. The zero-order valence-corrected chi connectivity index (χ0v) is 57.2. The molecular weight excluding hydrogens is 1360 g/mol. The number of benzene rings is 2. The van der Waals surface area contributed by atoms with Gasteiger partial charge >= 0.3 is 6.09 Å². The molecule has 8 N–H and O–H groups in total. The standard InChI is InChI=1S/C63H82IN3O21S3/c1-13-65-37-30-81-42(28-41(37)76-8)86-55-50(71)47(67-88-43-27-38(68)57(34(5)82-43)90-58(73)44-31(2)46(64)53(56(79-11)52(44)77-9)87-59-51(72)54(78-10)49(70)33(4)84-59)32(3)83-60(55)85-40-23-19-14-15-20-25-63(75)29-39(69)48(66-61(74)80-12)45(40)36(63)24-26-89-91-62(6,7)35-21-17-16-18-22-35/h14-18,21-22,24,32-34,37-38,40-43,47,49-51,54-55,57,59-60,65,67-68,70-72,75H,13,26-30H2,1-12H3,(H,66,74)/b15-14-,36-24+/t32-,33+,34-,37+,38+,40+,41+,42+,43+,47-,49+,50+,51-,54-,55-,57-,59+,60+,63+/m1/s1. The van der Waals surface area contributed by atoms with Crippen LogP contribution in [0, 0.1) is 34.2 Å². The molecule has 4 aliphatic heterocycles. The number of aliphatic hydroxyl groups excluding tert-OH is 4. The van der Waals surface area contributed by atoms with Crippen molar-refractivity contribution < 1.29 is 102 Å². The van der Waals surface area contributed by atoms with Gasteiger partial charge in [-0.1, -0.05) is 100 Å². The van der Waals surface area contributed by atoms with E-state index in [1.54, 1.807) is 51.7 Å². The summed E-state index contributed by atoms with van der Waals surface area (Å²) in [4.78, 5) is 48.1. The number of rotatable bonds is 23. The van der Waals surface area contributed by atoms with Crippen molar-refractivity contribution in [1.29, 1.82) is 0 Å². The van der Waals surface area contributed by atoms with Gasteiger partial charge in [0.05, 0.1) is 97.0 Å². The summed E-state index contributed by atoms with van der Waals surface area (Å²) in [5, 5.41) is 63.2. The number of methoxy groups -OCH3 is 5. The van der Waals surface area contributed by atoms with Gasteiger partial charge in [0.2, 0.25) is 17.2 Å². The highest BCUT2D eigenvalue weighted by Gasteiger charge is 2.52. The lowest BCUT2D eigenvalue weighted by Crippen LogP contribution is -2.65. The van der Waals surface area contributed by atoms with Gasteiger partial charge in [-0.2, -0.15) is 5.48 Å². The van der Waals surface area contributed by atoms with E-state index in [2.05, 4.69) is 53.6 Å². The first kappa shape index (κ1) is 72.8. The Morgan fingerprint density at radius 3 is 2.24 bits per heavy atom. The fourth-order valence-corrected chi connectivity index (χ4v) is 15.7. The fraction of sp³-hybridized carbons (Fsp3) is 0.603. The highest BCUT2D eigenvalue weighted by Crippen LogP contribution is 2.50. The Balaban J connectivity index is 1.03. The largest absolute Gasteiger partial charge is 0.492 e. The van der Waals surface area contributed by atoms with E-state index in [1.807, 2.05) is 59.8 Å². The number of hydrogen-bond donors (Lipinski definition) is 8. The van der Waals surface area contributed by atoms with E-state index in [-0.39, 0.29) is 81.7 Å². The molecule has 500 valence electrons. The lowest BCUT2D eigenvalue weighted by Gasteiger charge is -2.46. The molecule has 2 bridgehead atoms. The molecule has 4 heterocycles. The second kappa shape index (κ2) is 32.6. The molecule has 24 nitrogen and oxygen atoms in total. The Hall–Kier alpha value is -4.07. The molecule has 0 unspecified atom stereocenters. The summed E-state index contributed by atoms with van der Waals surface area (Å²) in [7, 11) is 9.90. The molecule has 6 aliphatic rings. The van der Waals surface area contributed by atoms with Crippen LogP contribution >= 0.6 is 55.9 Å². The molecular formula is C63H82IN3O21S3. The number of likely N-dealkylation sites (N-methyl/N-ethyl adjacent to an activating group) is 1. The van der Waals surface area contributed by atoms with Gasteiger partial charge in [-0.15, -0.1) is 0 Å². The monoisotopic (exact) mass is 1440 g/mol. The number of carbonyl (C=O) groups is 3. The van der Waals surface area contributed by atoms with Crippen LogP contribution in [0.4, 0.5) is 4.79 Å². The van der Waals surface area contributed by atoms with Gasteiger partial charge in [-0.05, 0) is 94.0 Å². The number of carbonyl (C=O) groups excluding carboxylic acids is 3. The molecule has 91 heavy (non-hydrogen) atoms. The number of fused-ring (bicyclic) bond motifs is 2. The molecule has 0 spiro atoms. The molecule has 2 aliphatic carbocycles. The van der Waals surface area contributed by atoms with E-state index in [0.29, 0.717) is 15.7 Å². The lowest BCUT2D eigenvalue weighted by molar-refractivity contribution is -0.336. The van der Waals surface area contributed by atoms with Crippen molar-refractivity contribution >= 4 is 72.9 Å². The smallest absolute Gasteiger partial charge is 0.411 e. The van der Waals surface area contributed by atoms with E-state index in [9.17, 15) is 39.9 Å². The SMILES string of the molecule is CCN[C@H]1CO[C@@H](O[C@H]2[C@H](O[C@H]3C#C/C=C\C#C[C@]4(O)CC(=O)C(NC(=O)OC)=C3/C4=C\CSSC(C)(C)c3ccccc3)O[C@H](C)[C@@H](NO[C@H]3C[C@H](O)[C@H](SC(=O)c4c(C)c(I)c(O[C@@H]5O[C@@H](C)[C@H](O)[C@@H](OC)[C@H]5O)c(OC)c4OC)[C@@H](C)O3)[C@@H]2O)C[C@@H]1OC. The normalized spacial score (nSPS) is 34.2. The van der Waals surface area contributed by atoms with Crippen molar-refractivity contribution in [2.45, 2.75) is 188 Å². The number of hydrogen-bond acceptors (Lipinski definition) is 26. The molecule has 0 aromatic heterocycles. The third kappa shape index (κ3) is 16.8. The maximum absolute atomic E-state index is 14.5. The predicted octanol–water partition coefficient (Wildman–Crippen LogP) is 4.85. The van der Waals surface area contributed by atoms with Crippen molar-refractivity contribution in [1.82, 2.24) is 16.1 Å². The molecule has 0 radical (unpaired) electrons. The summed E-state index contributed by atoms with van der Waals surface area (Å²) in [6.07, 6.45) is -14.0. The van der Waals surface area contributed by atoms with E-state index in [0.717, 1.165) is 24.4 Å². The van der Waals surface area contributed by atoms with Crippen LogP contribution in [0.25, 0.3) is 0 Å². The van der Waals surface area contributed by atoms with Gasteiger partial charge in [0.15, 0.2) is 41.8 Å². The molecule has 8 rings (SSSR count). The molecule has 0 saturated carbocycles. The maximum atomic E-state index is 14.5. The van der Waals surface area contributed by atoms with E-state index < -0.39 is 127 Å². The van der Waals surface area contributed by atoms with Gasteiger partial charge < -0.3 is 87.7 Å². The third-order valence-electron chi connectivity index (χ3n) is 16.4. The summed E-state index contributed by atoms with van der Waals surface area (Å²) in [6.45, 7) is 13.6. The van der Waals surface area contributed by atoms with Gasteiger partial charge in [-0.25, -0.2) is 4.79 Å². The first-order valence-corrected chi connectivity index (χ1v) is 34.0. The lowest BCUT2D eigenvalue weighted by atomic mass is 9.75. The number of Topliss-reactive ketones (excluding diaryl/α,β-unsaturated/α-hetero) is 1. The number of alkyl carbamates (subject to hydrolysis) is 1. The zero-order valence-electron chi connectivity index (χ0n) is 52.6. The van der Waals surface area contributed by atoms with Crippen molar-refractivity contribution in [2.24, 2.45) is 0 Å². The van der Waals surface area contributed by atoms with Crippen LogP contribution in [0.5, 0.6) is 17.2 Å². The summed E-state index contributed by atoms with van der Waals surface area (Å²) in [5.74, 6) is 11.4. The summed E-state index contributed by atoms with van der Waals surface area (Å²) in [6, 6.07) is 8.69. The van der Waals surface area contributed by atoms with Gasteiger partial charge in [-0.3, -0.25) is 19.7 Å². The number of ketones is 1. The quantitative estimate of drug-likeness (QED) is 0.0242. The van der Waals surface area contributed by atoms with Gasteiger partial charge in [0.25, 0.3) is 0 Å². The number of amides is 1. The van der Waals surface area contributed by atoms with Crippen molar-refractivity contribution in [3.05, 3.63) is 85.7 Å². The van der Waals surface area contributed by atoms with Crippen LogP contribution in [-0.2, 0) is 57.0 Å². The van der Waals surface area contributed by atoms with E-state index in [4.69, 9.17) is 61.7 Å². The third-order valence-corrected chi connectivity index (χ3v) is 22.2. The highest BCUT2D eigenvalue weighted by atomic mass is 127. The second-order valence-corrected chi connectivity index (χ2v) is 28.0. The van der Waals surface area contributed by atoms with Crippen LogP contribution in [0.1, 0.15) is 82.3 Å². The van der Waals surface area contributed by atoms with Gasteiger partial charge in [0.1, 0.15) is 36.6 Å². The minimum Gasteiger partial charge on any atom is -0.492 e. The number of hydroxylamine groups is 1. The maximum Gasteiger partial charge on any atom is 0.411 e. The molecule has 2 aromatic carbocycles. The fourth-order valence-electron chi connectivity index (χ4n) is 11.5. The Kier molecular flexibility index (Phi) is 26.0. The van der Waals surface area contributed by atoms with Crippen molar-refractivity contribution in [3.8, 4) is 40.9 Å². The van der Waals surface area contributed by atoms with E-state index in [1.165, 1.54) is 44.3 Å². The number of allylic oxidation sites excluding steroid dienone is 3. The number of aliphatic hydroxyl groups is 5. The van der Waals surface area contributed by atoms with Crippen LogP contribution in [0.3, 0.4) is 0 Å². The average Bonchev–Trinajstić information content (AvgIpc) is 1.05. The first-order valence-electron chi connectivity index (χ1n) is 29.7. The van der Waals surface area contributed by atoms with Crippen molar-refractivity contribution in [3.63, 3.8) is 0 Å². The molecule has 28 heteroatoms. The Morgan fingerprint density at radius 2 is 1.57 bits per heavy atom. The summed E-state index contributed by atoms with van der Waals surface area (Å²) < 4.78 is 72.7. The minimum absolute atomic E-state index is 0.0246. The summed E-state index contributed by atoms with van der Waals surface area (Å²) >= 11 is 2.83. The van der Waals surface area contributed by atoms with Crippen molar-refractivity contribution in [2.75, 3.05) is 54.5 Å². The Bertz CT molecular complexity index is 3110. The van der Waals surface area contributed by atoms with Crippen LogP contribution < -0.4 is 30.3 Å². The molecule has 19 atom stereocenters. The predicted molar refractivity (Wildman–Crippen MR) is 346 cm³/mol. The van der Waals surface area contributed by atoms with Crippen LogP contribution in [-0.4, -0.2) is 212 Å². The minimum atomic E-state index is -2.10. The average molecular weight is 1440 g/mol. The van der Waals surface area contributed by atoms with Crippen LogP contribution in [0.2, 0.25) is 0 Å². The summed E-state index contributed by atoms with van der Waals surface area (Å²) in [5.41, 5.74) is 2.33. The molecule has 4 saturated heterocycles. The molecule has 1 amide bonds. The zero-order chi connectivity index (χ0) is 66.1. The second-order valence-electron chi connectivity index (χ2n) is 22.8. The van der Waals surface area contributed by atoms with Crippen LogP contribution in [0.15, 0.2) is 65.4 Å². The molecule has 2 aromatic rings. The highest BCUT2D eigenvalue weighted by molar-refractivity contribution is 14.1. The van der Waals surface area contributed by atoms with Gasteiger partial charge in [0, 0.05) is 48.7 Å². The Labute approximate surface area is 556 Å².